The van der Waals surface area contributed by atoms with Crippen LogP contribution in [-0.2, 0) is 0 Å². The van der Waals surface area contributed by atoms with E-state index in [1.165, 1.54) is 25.7 Å². The molecule has 4 N–H and O–H groups in total. The lowest BCUT2D eigenvalue weighted by atomic mass is 9.88. The number of hydrogen-bond acceptors (Lipinski definition) is 5. The van der Waals surface area contributed by atoms with Crippen LogP contribution in [0.4, 0.5) is 21.9 Å². The molecule has 3 aromatic carbocycles. The summed E-state index contributed by atoms with van der Waals surface area (Å²) in [5.41, 5.74) is 6.29. The summed E-state index contributed by atoms with van der Waals surface area (Å²) < 4.78 is 0. The summed E-state index contributed by atoms with van der Waals surface area (Å²) in [6, 6.07) is 21.9. The molecular weight excluding hydrogens is 474 g/mol. The van der Waals surface area contributed by atoms with Crippen molar-refractivity contribution < 1.29 is 4.79 Å². The number of urea groups is 1. The van der Waals surface area contributed by atoms with Crippen molar-refractivity contribution in [2.24, 2.45) is 11.8 Å². The number of aromatic amines is 1. The first-order valence-corrected chi connectivity index (χ1v) is 13.4. The number of benzene rings is 3. The molecule has 0 saturated heterocycles. The number of aryl methyl sites for hydroxylation is 1. The molecule has 0 bridgehead atoms. The molecule has 5 rings (SSSR count). The number of aromatic nitrogens is 4. The topological polar surface area (TPSA) is 108 Å². The zero-order chi connectivity index (χ0) is 26.5. The molecule has 196 valence electrons. The van der Waals surface area contributed by atoms with E-state index in [0.29, 0.717) is 23.7 Å². The molecule has 1 aliphatic rings. The van der Waals surface area contributed by atoms with Crippen molar-refractivity contribution >= 4 is 23.1 Å². The molecule has 1 aromatic heterocycles. The Balaban J connectivity index is 1.49. The maximum atomic E-state index is 13.1. The number of amides is 2. The third kappa shape index (κ3) is 5.85. The number of H-pyrrole nitrogens is 1. The van der Waals surface area contributed by atoms with Gasteiger partial charge in [0, 0.05) is 17.3 Å². The van der Waals surface area contributed by atoms with E-state index in [1.54, 1.807) is 0 Å². The van der Waals surface area contributed by atoms with Gasteiger partial charge in [0.2, 0.25) is 5.82 Å². The first-order chi connectivity index (χ1) is 18.5. The monoisotopic (exact) mass is 509 g/mol. The Morgan fingerprint density at radius 1 is 0.921 bits per heavy atom. The molecule has 1 fully saturated rings. The second kappa shape index (κ2) is 11.5. The van der Waals surface area contributed by atoms with Crippen molar-refractivity contribution in [3.8, 4) is 22.5 Å². The van der Waals surface area contributed by atoms with Crippen LogP contribution in [0.25, 0.3) is 22.5 Å². The van der Waals surface area contributed by atoms with Gasteiger partial charge in [0.15, 0.2) is 0 Å². The molecule has 38 heavy (non-hydrogen) atoms. The van der Waals surface area contributed by atoms with Crippen LogP contribution in [0.5, 0.6) is 0 Å². The molecule has 2 amide bonds. The first-order valence-electron chi connectivity index (χ1n) is 13.4. The van der Waals surface area contributed by atoms with Gasteiger partial charge in [0.05, 0.1) is 11.4 Å². The van der Waals surface area contributed by atoms with Crippen LogP contribution in [0, 0.1) is 18.8 Å². The lowest BCUT2D eigenvalue weighted by Gasteiger charge is -2.30. The van der Waals surface area contributed by atoms with Gasteiger partial charge in [0.1, 0.15) is 0 Å². The Bertz CT molecular complexity index is 1360. The molecule has 1 aliphatic carbocycles. The normalized spacial score (nSPS) is 14.4. The van der Waals surface area contributed by atoms with Gasteiger partial charge in [-0.25, -0.2) is 4.79 Å². The zero-order valence-corrected chi connectivity index (χ0v) is 22.2. The molecule has 4 aromatic rings. The molecule has 0 aliphatic heterocycles. The summed E-state index contributed by atoms with van der Waals surface area (Å²) in [4.78, 5) is 13.1. The van der Waals surface area contributed by atoms with E-state index >= 15 is 0 Å². The van der Waals surface area contributed by atoms with E-state index in [1.807, 2.05) is 61.5 Å². The minimum atomic E-state index is -0.289. The maximum Gasteiger partial charge on any atom is 0.323 e. The van der Waals surface area contributed by atoms with Crippen molar-refractivity contribution in [1.29, 1.82) is 0 Å². The first kappa shape index (κ1) is 25.4. The van der Waals surface area contributed by atoms with Gasteiger partial charge in [0.25, 0.3) is 0 Å². The fraction of sp³-hybridized carbons (Fsp3) is 0.333. The van der Waals surface area contributed by atoms with E-state index in [9.17, 15) is 4.79 Å². The SMILES string of the molecule is Cc1ccc(NC(=O)Nc2cc(-c3ccccc3-c3nn[nH]n3)ccc2NC(C(C)C)C2CCCC2)cc1. The van der Waals surface area contributed by atoms with E-state index in [-0.39, 0.29) is 6.03 Å². The Hall–Kier alpha value is -4.20. The average molecular weight is 510 g/mol. The van der Waals surface area contributed by atoms with Crippen LogP contribution in [0.15, 0.2) is 66.7 Å². The second-order valence-electron chi connectivity index (χ2n) is 10.4. The lowest BCUT2D eigenvalue weighted by Crippen LogP contribution is -2.33. The Morgan fingerprint density at radius 3 is 2.34 bits per heavy atom. The van der Waals surface area contributed by atoms with Crippen LogP contribution in [-0.4, -0.2) is 32.7 Å². The van der Waals surface area contributed by atoms with Gasteiger partial charge in [-0.3, -0.25) is 0 Å². The highest BCUT2D eigenvalue weighted by atomic mass is 16.2. The van der Waals surface area contributed by atoms with Crippen LogP contribution in [0.3, 0.4) is 0 Å². The summed E-state index contributed by atoms with van der Waals surface area (Å²) >= 11 is 0. The number of anilines is 3. The number of nitrogens with zero attached hydrogens (tertiary/aromatic N) is 3. The highest BCUT2D eigenvalue weighted by Gasteiger charge is 2.28. The van der Waals surface area contributed by atoms with E-state index in [2.05, 4.69) is 62.6 Å². The number of tetrazole rings is 1. The predicted molar refractivity (Wildman–Crippen MR) is 153 cm³/mol. The molecule has 1 atom stereocenters. The van der Waals surface area contributed by atoms with Gasteiger partial charge in [-0.05, 0) is 72.2 Å². The van der Waals surface area contributed by atoms with Crippen molar-refractivity contribution in [2.45, 2.75) is 52.5 Å². The number of nitrogens with one attached hydrogen (secondary N) is 4. The number of carbonyl (C=O) groups excluding carboxylic acids is 1. The molecule has 1 saturated carbocycles. The third-order valence-corrected chi connectivity index (χ3v) is 7.35. The summed E-state index contributed by atoms with van der Waals surface area (Å²) in [5, 5.41) is 24.5. The third-order valence-electron chi connectivity index (χ3n) is 7.35. The number of rotatable bonds is 8. The largest absolute Gasteiger partial charge is 0.380 e. The summed E-state index contributed by atoms with van der Waals surface area (Å²) in [5.74, 6) is 1.62. The van der Waals surface area contributed by atoms with Gasteiger partial charge in [-0.1, -0.05) is 74.7 Å². The minimum Gasteiger partial charge on any atom is -0.380 e. The Morgan fingerprint density at radius 2 is 1.66 bits per heavy atom. The smallest absolute Gasteiger partial charge is 0.323 e. The van der Waals surface area contributed by atoms with Gasteiger partial charge < -0.3 is 16.0 Å². The summed E-state index contributed by atoms with van der Waals surface area (Å²) in [6.45, 7) is 6.56. The minimum absolute atomic E-state index is 0.289. The standard InChI is InChI=1S/C30H35N7O/c1-19(2)28(21-8-4-5-9-21)32-26-17-14-22(24-10-6-7-11-25(24)29-34-36-37-35-29)18-27(26)33-30(38)31-23-15-12-20(3)13-16-23/h6-7,10-19,21,28,32H,4-5,8-9H2,1-3H3,(H2,31,33,38)(H,34,35,36,37). The summed E-state index contributed by atoms with van der Waals surface area (Å²) in [7, 11) is 0. The fourth-order valence-corrected chi connectivity index (χ4v) is 5.39. The van der Waals surface area contributed by atoms with Crippen molar-refractivity contribution in [3.63, 3.8) is 0 Å². The Kier molecular flexibility index (Phi) is 7.67. The average Bonchev–Trinajstić information content (AvgIpc) is 3.64. The van der Waals surface area contributed by atoms with E-state index in [4.69, 9.17) is 0 Å². The molecule has 8 nitrogen and oxygen atoms in total. The Labute approximate surface area is 223 Å². The maximum absolute atomic E-state index is 13.1. The van der Waals surface area contributed by atoms with Gasteiger partial charge >= 0.3 is 6.03 Å². The van der Waals surface area contributed by atoms with E-state index in [0.717, 1.165) is 39.3 Å². The molecule has 0 radical (unpaired) electrons. The van der Waals surface area contributed by atoms with Crippen molar-refractivity contribution in [1.82, 2.24) is 20.6 Å². The summed E-state index contributed by atoms with van der Waals surface area (Å²) in [6.07, 6.45) is 5.04. The quantitative estimate of drug-likeness (QED) is 0.202. The molecular formula is C30H35N7O. The second-order valence-corrected chi connectivity index (χ2v) is 10.4. The van der Waals surface area contributed by atoms with Crippen molar-refractivity contribution in [2.75, 3.05) is 16.0 Å². The zero-order valence-electron chi connectivity index (χ0n) is 22.2. The lowest BCUT2D eigenvalue weighted by molar-refractivity contribution is 0.262. The fourth-order valence-electron chi connectivity index (χ4n) is 5.39. The molecule has 8 heteroatoms. The van der Waals surface area contributed by atoms with Crippen LogP contribution < -0.4 is 16.0 Å². The van der Waals surface area contributed by atoms with Crippen LogP contribution in [0.2, 0.25) is 0 Å². The molecule has 1 heterocycles. The highest BCUT2D eigenvalue weighted by Crippen LogP contribution is 2.37. The molecule has 0 spiro atoms. The van der Waals surface area contributed by atoms with Crippen molar-refractivity contribution in [3.05, 3.63) is 72.3 Å². The molecule has 1 unspecified atom stereocenters. The van der Waals surface area contributed by atoms with E-state index < -0.39 is 0 Å². The van der Waals surface area contributed by atoms with Crippen LogP contribution >= 0.6 is 0 Å². The number of carbonyl (C=O) groups is 1. The highest BCUT2D eigenvalue weighted by molar-refractivity contribution is 6.02. The van der Waals surface area contributed by atoms with Gasteiger partial charge in [-0.15, -0.1) is 10.2 Å². The number of hydrogen-bond donors (Lipinski definition) is 4. The predicted octanol–water partition coefficient (Wildman–Crippen LogP) is 7.11. The van der Waals surface area contributed by atoms with Gasteiger partial charge in [-0.2, -0.15) is 5.21 Å². The van der Waals surface area contributed by atoms with Crippen LogP contribution in [0.1, 0.15) is 45.1 Å².